The van der Waals surface area contributed by atoms with E-state index < -0.39 is 0 Å². The van der Waals surface area contributed by atoms with Crippen molar-refractivity contribution in [1.29, 1.82) is 0 Å². The molecule has 5 rings (SSSR count). The summed E-state index contributed by atoms with van der Waals surface area (Å²) in [4.78, 5) is 18.5. The van der Waals surface area contributed by atoms with Gasteiger partial charge in [-0.2, -0.15) is 0 Å². The minimum Gasteiger partial charge on any atom is -0.497 e. The topological polar surface area (TPSA) is 57.7 Å². The Balaban J connectivity index is 1.45. The van der Waals surface area contributed by atoms with Crippen LogP contribution in [0.2, 0.25) is 0 Å². The number of carbonyl (C=O) groups is 1. The van der Waals surface area contributed by atoms with Gasteiger partial charge in [-0.15, -0.1) is 0 Å². The van der Waals surface area contributed by atoms with E-state index in [4.69, 9.17) is 19.2 Å². The number of hydrogen-bond donors (Lipinski definition) is 0. The Morgan fingerprint density at radius 1 is 0.946 bits per heavy atom. The molecule has 0 spiro atoms. The number of methoxy groups -OCH3 is 1. The number of benzene rings is 3. The number of hydrogen-bond acceptors (Lipinski definition) is 5. The summed E-state index contributed by atoms with van der Waals surface area (Å²) in [6.07, 6.45) is 3.83. The highest BCUT2D eigenvalue weighted by Gasteiger charge is 2.28. The minimum atomic E-state index is -0.333. The summed E-state index contributed by atoms with van der Waals surface area (Å²) in [6.45, 7) is 4.70. The Morgan fingerprint density at radius 3 is 2.43 bits per heavy atom. The Hall–Kier alpha value is -4.12. The van der Waals surface area contributed by atoms with Gasteiger partial charge in [-0.05, 0) is 78.8 Å². The van der Waals surface area contributed by atoms with Gasteiger partial charge in [-0.25, -0.2) is 9.78 Å². The van der Waals surface area contributed by atoms with Crippen molar-refractivity contribution in [2.75, 3.05) is 20.3 Å². The summed E-state index contributed by atoms with van der Waals surface area (Å²) in [5.74, 6) is 1.62. The highest BCUT2D eigenvalue weighted by Crippen LogP contribution is 2.38. The van der Waals surface area contributed by atoms with Crippen LogP contribution in [0.25, 0.3) is 22.6 Å². The van der Waals surface area contributed by atoms with Crippen molar-refractivity contribution >= 4 is 28.5 Å². The molecule has 1 heterocycles. The maximum Gasteiger partial charge on any atom is 0.339 e. The third kappa shape index (κ3) is 5.51. The van der Waals surface area contributed by atoms with Crippen LogP contribution in [0, 0.1) is 12.8 Å². The average molecular weight is 494 g/mol. The molecule has 0 fully saturated rings. The van der Waals surface area contributed by atoms with Crippen LogP contribution in [0.5, 0.6) is 11.5 Å². The van der Waals surface area contributed by atoms with E-state index in [9.17, 15) is 4.79 Å². The van der Waals surface area contributed by atoms with E-state index in [1.165, 1.54) is 5.56 Å². The molecule has 0 aliphatic heterocycles. The lowest BCUT2D eigenvalue weighted by molar-refractivity contribution is 0.0451. The molecular formula is C32H31NO4. The van der Waals surface area contributed by atoms with Gasteiger partial charge in [0.15, 0.2) is 0 Å². The number of esters is 1. The van der Waals surface area contributed by atoms with Gasteiger partial charge in [0.1, 0.15) is 24.7 Å². The smallest absolute Gasteiger partial charge is 0.339 e. The highest BCUT2D eigenvalue weighted by molar-refractivity contribution is 6.06. The number of aryl methyl sites for hydroxylation is 1. The highest BCUT2D eigenvalue weighted by atomic mass is 16.6. The first kappa shape index (κ1) is 24.6. The molecular weight excluding hydrogens is 462 g/mol. The van der Waals surface area contributed by atoms with E-state index in [1.807, 2.05) is 79.7 Å². The fraction of sp³-hybridized carbons (Fsp3) is 0.250. The maximum absolute atomic E-state index is 13.5. The fourth-order valence-corrected chi connectivity index (χ4v) is 4.87. The van der Waals surface area contributed by atoms with Crippen LogP contribution in [0.4, 0.5) is 0 Å². The van der Waals surface area contributed by atoms with Crippen LogP contribution in [0.15, 0.2) is 72.8 Å². The van der Waals surface area contributed by atoms with Crippen LogP contribution >= 0.6 is 0 Å². The van der Waals surface area contributed by atoms with Crippen molar-refractivity contribution in [1.82, 2.24) is 4.98 Å². The molecule has 4 aromatic rings. The van der Waals surface area contributed by atoms with Gasteiger partial charge in [0, 0.05) is 5.39 Å². The number of rotatable bonds is 7. The van der Waals surface area contributed by atoms with Gasteiger partial charge in [-0.1, -0.05) is 55.0 Å². The lowest BCUT2D eigenvalue weighted by Gasteiger charge is -2.26. The van der Waals surface area contributed by atoms with Crippen LogP contribution in [0.3, 0.4) is 0 Å². The molecule has 0 N–H and O–H groups in total. The summed E-state index contributed by atoms with van der Waals surface area (Å²) in [7, 11) is 1.66. The molecule has 1 aromatic heterocycles. The van der Waals surface area contributed by atoms with Gasteiger partial charge in [0.2, 0.25) is 0 Å². The average Bonchev–Trinajstić information content (AvgIpc) is 2.91. The molecule has 3 aromatic carbocycles. The van der Waals surface area contributed by atoms with E-state index in [1.54, 1.807) is 7.11 Å². The summed E-state index contributed by atoms with van der Waals surface area (Å²) < 4.78 is 16.8. The first-order valence-electron chi connectivity index (χ1n) is 12.6. The van der Waals surface area contributed by atoms with Gasteiger partial charge in [0.05, 0.1) is 23.9 Å². The number of fused-ring (bicyclic) bond motifs is 2. The maximum atomic E-state index is 13.5. The molecule has 5 heteroatoms. The molecule has 0 saturated heterocycles. The Morgan fingerprint density at radius 2 is 1.68 bits per heavy atom. The summed E-state index contributed by atoms with van der Waals surface area (Å²) in [6, 6.07) is 23.6. The minimum absolute atomic E-state index is 0.169. The third-order valence-corrected chi connectivity index (χ3v) is 6.69. The molecule has 0 amide bonds. The largest absolute Gasteiger partial charge is 0.497 e. The summed E-state index contributed by atoms with van der Waals surface area (Å²) in [5, 5.41) is 0.823. The van der Waals surface area contributed by atoms with Crippen molar-refractivity contribution in [2.45, 2.75) is 26.7 Å². The molecule has 0 saturated carbocycles. The van der Waals surface area contributed by atoms with E-state index in [-0.39, 0.29) is 12.6 Å². The van der Waals surface area contributed by atoms with E-state index in [2.05, 4.69) is 13.0 Å². The van der Waals surface area contributed by atoms with Gasteiger partial charge in [0.25, 0.3) is 0 Å². The van der Waals surface area contributed by atoms with E-state index in [0.717, 1.165) is 57.6 Å². The SMILES string of the molecule is COc1ccc(C=C2CC(C)Cc3c2nc2ccccc2c3C(=O)OCCOc2ccc(C)cc2)cc1. The second-order valence-corrected chi connectivity index (χ2v) is 9.58. The van der Waals surface area contributed by atoms with Gasteiger partial charge < -0.3 is 14.2 Å². The zero-order chi connectivity index (χ0) is 25.8. The quantitative estimate of drug-likeness (QED) is 0.207. The number of ether oxygens (including phenoxy) is 3. The molecule has 1 atom stereocenters. The summed E-state index contributed by atoms with van der Waals surface area (Å²) >= 11 is 0. The zero-order valence-corrected chi connectivity index (χ0v) is 21.5. The molecule has 1 unspecified atom stereocenters. The molecule has 37 heavy (non-hydrogen) atoms. The standard InChI is InChI=1S/C32H31NO4/c1-21-8-12-26(13-9-21)36-16-17-37-32(34)30-27-6-4-5-7-29(27)33-31-24(18-22(2)19-28(30)31)20-23-10-14-25(35-3)15-11-23/h4-15,20,22H,16-19H2,1-3H3. The number of nitrogens with zero attached hydrogens (tertiary/aromatic N) is 1. The normalized spacial score (nSPS) is 15.9. The number of para-hydroxylation sites is 1. The fourth-order valence-electron chi connectivity index (χ4n) is 4.87. The van der Waals surface area contributed by atoms with Crippen molar-refractivity contribution in [2.24, 2.45) is 5.92 Å². The predicted octanol–water partition coefficient (Wildman–Crippen LogP) is 6.91. The number of aromatic nitrogens is 1. The lowest BCUT2D eigenvalue weighted by atomic mass is 9.80. The van der Waals surface area contributed by atoms with Crippen molar-refractivity contribution in [3.63, 3.8) is 0 Å². The van der Waals surface area contributed by atoms with E-state index in [0.29, 0.717) is 18.1 Å². The van der Waals surface area contributed by atoms with Crippen molar-refractivity contribution in [3.05, 3.63) is 101 Å². The zero-order valence-electron chi connectivity index (χ0n) is 21.5. The van der Waals surface area contributed by atoms with Gasteiger partial charge >= 0.3 is 5.97 Å². The monoisotopic (exact) mass is 493 g/mol. The Bertz CT molecular complexity index is 1440. The van der Waals surface area contributed by atoms with Crippen LogP contribution in [-0.4, -0.2) is 31.3 Å². The van der Waals surface area contributed by atoms with Crippen molar-refractivity contribution < 1.29 is 19.0 Å². The molecule has 0 bridgehead atoms. The Labute approximate surface area is 217 Å². The predicted molar refractivity (Wildman–Crippen MR) is 147 cm³/mol. The van der Waals surface area contributed by atoms with Gasteiger partial charge in [-0.3, -0.25) is 0 Å². The summed E-state index contributed by atoms with van der Waals surface area (Å²) in [5.41, 5.74) is 6.62. The Kier molecular flexibility index (Phi) is 7.22. The first-order valence-corrected chi connectivity index (χ1v) is 12.6. The first-order chi connectivity index (χ1) is 18.0. The lowest BCUT2D eigenvalue weighted by Crippen LogP contribution is -2.20. The molecule has 188 valence electrons. The number of pyridine rings is 1. The van der Waals surface area contributed by atoms with Crippen LogP contribution < -0.4 is 9.47 Å². The second-order valence-electron chi connectivity index (χ2n) is 9.58. The van der Waals surface area contributed by atoms with E-state index >= 15 is 0 Å². The number of allylic oxidation sites excluding steroid dienone is 1. The van der Waals surface area contributed by atoms with Crippen molar-refractivity contribution in [3.8, 4) is 11.5 Å². The second kappa shape index (κ2) is 10.9. The third-order valence-electron chi connectivity index (χ3n) is 6.69. The van der Waals surface area contributed by atoms with Crippen LogP contribution in [-0.2, 0) is 11.2 Å². The molecule has 1 aliphatic rings. The molecule has 1 aliphatic carbocycles. The number of carbonyl (C=O) groups excluding carboxylic acids is 1. The molecule has 5 nitrogen and oxygen atoms in total. The van der Waals surface area contributed by atoms with Crippen LogP contribution in [0.1, 0.15) is 46.1 Å². The molecule has 0 radical (unpaired) electrons.